The van der Waals surface area contributed by atoms with Crippen molar-refractivity contribution < 1.29 is 0 Å². The van der Waals surface area contributed by atoms with Crippen LogP contribution >= 0.6 is 11.8 Å². The average molecular weight is 246 g/mol. The van der Waals surface area contributed by atoms with Gasteiger partial charge in [-0.05, 0) is 24.8 Å². The summed E-state index contributed by atoms with van der Waals surface area (Å²) in [7, 11) is 0. The number of anilines is 1. The smallest absolute Gasteiger partial charge is 0.103 e. The number of benzene rings is 1. The average Bonchev–Trinajstić information content (AvgIpc) is 2.36. The van der Waals surface area contributed by atoms with Crippen LogP contribution in [0.3, 0.4) is 0 Å². The fourth-order valence-electron chi connectivity index (χ4n) is 1.72. The van der Waals surface area contributed by atoms with E-state index in [-0.39, 0.29) is 0 Å². The molecule has 0 N–H and O–H groups in total. The van der Waals surface area contributed by atoms with Gasteiger partial charge in [0.15, 0.2) is 0 Å². The van der Waals surface area contributed by atoms with Gasteiger partial charge in [0.05, 0.1) is 11.3 Å². The van der Waals surface area contributed by atoms with Crippen LogP contribution in [0.4, 0.5) is 5.69 Å². The van der Waals surface area contributed by atoms with Crippen LogP contribution in [0.1, 0.15) is 19.4 Å². The first kappa shape index (κ1) is 13.7. The number of nitriles is 1. The van der Waals surface area contributed by atoms with E-state index in [1.54, 1.807) is 11.8 Å². The first-order chi connectivity index (χ1) is 8.28. The maximum absolute atomic E-state index is 9.32. The molecule has 0 unspecified atom stereocenters. The molecule has 1 aromatic carbocycles. The Hall–Kier alpha value is -1.40. The van der Waals surface area contributed by atoms with Gasteiger partial charge in [-0.2, -0.15) is 5.26 Å². The van der Waals surface area contributed by atoms with E-state index in [1.807, 2.05) is 24.3 Å². The summed E-state index contributed by atoms with van der Waals surface area (Å²) >= 11 is 1.71. The highest BCUT2D eigenvalue weighted by atomic mass is 32.2. The van der Waals surface area contributed by atoms with E-state index >= 15 is 0 Å². The molecule has 90 valence electrons. The minimum atomic E-state index is 0.769. The normalized spacial score (nSPS) is 9.71. The summed E-state index contributed by atoms with van der Waals surface area (Å²) in [4.78, 5) is 3.22. The Morgan fingerprint density at radius 2 is 2.24 bits per heavy atom. The Morgan fingerprint density at radius 3 is 2.76 bits per heavy atom. The Labute approximate surface area is 108 Å². The van der Waals surface area contributed by atoms with Gasteiger partial charge < -0.3 is 4.90 Å². The zero-order valence-corrected chi connectivity index (χ0v) is 11.3. The molecule has 0 aliphatic carbocycles. The van der Waals surface area contributed by atoms with Gasteiger partial charge in [0, 0.05) is 18.0 Å². The van der Waals surface area contributed by atoms with Crippen molar-refractivity contribution in [1.82, 2.24) is 0 Å². The second-order valence-electron chi connectivity index (χ2n) is 3.52. The van der Waals surface area contributed by atoms with Gasteiger partial charge in [-0.1, -0.05) is 19.1 Å². The highest BCUT2D eigenvalue weighted by Gasteiger charge is 2.12. The lowest BCUT2D eigenvalue weighted by atomic mass is 10.1. The molecular weight excluding hydrogens is 228 g/mol. The quantitative estimate of drug-likeness (QED) is 0.566. The van der Waals surface area contributed by atoms with Gasteiger partial charge in [-0.3, -0.25) is 0 Å². The topological polar surface area (TPSA) is 27.0 Å². The first-order valence-electron chi connectivity index (χ1n) is 5.80. The number of nitrogens with zero attached hydrogens (tertiary/aromatic N) is 2. The predicted octanol–water partition coefficient (Wildman–Crippen LogP) is 3.68. The second kappa shape index (κ2) is 7.03. The van der Waals surface area contributed by atoms with Crippen LogP contribution in [0.25, 0.3) is 0 Å². The molecule has 0 bridgehead atoms. The van der Waals surface area contributed by atoms with E-state index in [1.165, 1.54) is 0 Å². The standard InChI is InChI=1S/C14H18N2S/c1-4-10-16(5-2)13-8-7-9-14(17-6-3)12(13)11-15/h4,7-9H,1,5-6,10H2,2-3H3. The minimum Gasteiger partial charge on any atom is -0.367 e. The molecule has 0 fully saturated rings. The molecule has 0 radical (unpaired) electrons. The third-order valence-corrected chi connectivity index (χ3v) is 3.43. The van der Waals surface area contributed by atoms with Gasteiger partial charge in [-0.25, -0.2) is 0 Å². The summed E-state index contributed by atoms with van der Waals surface area (Å²) in [5.41, 5.74) is 1.79. The lowest BCUT2D eigenvalue weighted by Crippen LogP contribution is -2.23. The van der Waals surface area contributed by atoms with Crippen LogP contribution < -0.4 is 4.90 Å². The zero-order chi connectivity index (χ0) is 12.7. The Balaban J connectivity index is 3.18. The summed E-state index contributed by atoms with van der Waals surface area (Å²) in [5, 5.41) is 9.32. The van der Waals surface area contributed by atoms with Crippen LogP contribution in [0.15, 0.2) is 35.7 Å². The molecule has 1 aromatic rings. The van der Waals surface area contributed by atoms with E-state index in [2.05, 4.69) is 31.4 Å². The third-order valence-electron chi connectivity index (χ3n) is 2.49. The van der Waals surface area contributed by atoms with Gasteiger partial charge in [-0.15, -0.1) is 18.3 Å². The van der Waals surface area contributed by atoms with Gasteiger partial charge in [0.25, 0.3) is 0 Å². The lowest BCUT2D eigenvalue weighted by molar-refractivity contribution is 0.901. The van der Waals surface area contributed by atoms with E-state index in [0.29, 0.717) is 0 Å². The summed E-state index contributed by atoms with van der Waals surface area (Å²) in [5.74, 6) is 0.978. The van der Waals surface area contributed by atoms with Crippen molar-refractivity contribution in [2.24, 2.45) is 0 Å². The van der Waals surface area contributed by atoms with Gasteiger partial charge in [0.1, 0.15) is 6.07 Å². The number of likely N-dealkylation sites (N-methyl/N-ethyl adjacent to an activating group) is 1. The number of hydrogen-bond donors (Lipinski definition) is 0. The van der Waals surface area contributed by atoms with Crippen molar-refractivity contribution >= 4 is 17.4 Å². The van der Waals surface area contributed by atoms with Gasteiger partial charge >= 0.3 is 0 Å². The minimum absolute atomic E-state index is 0.769. The monoisotopic (exact) mass is 246 g/mol. The maximum atomic E-state index is 9.32. The van der Waals surface area contributed by atoms with Crippen LogP contribution in [0, 0.1) is 11.3 Å². The number of rotatable bonds is 6. The van der Waals surface area contributed by atoms with Crippen molar-refractivity contribution in [3.63, 3.8) is 0 Å². The molecule has 0 heterocycles. The van der Waals surface area contributed by atoms with Crippen LogP contribution in [0.2, 0.25) is 0 Å². The largest absolute Gasteiger partial charge is 0.367 e. The Bertz CT molecular complexity index is 421. The van der Waals surface area contributed by atoms with Crippen LogP contribution in [-0.2, 0) is 0 Å². The fourth-order valence-corrected chi connectivity index (χ4v) is 2.51. The molecule has 2 nitrogen and oxygen atoms in total. The molecule has 0 saturated carbocycles. The summed E-state index contributed by atoms with van der Waals surface area (Å²) in [6.07, 6.45) is 1.87. The van der Waals surface area contributed by atoms with Crippen molar-refractivity contribution in [2.45, 2.75) is 18.7 Å². The molecule has 0 aliphatic heterocycles. The fraction of sp³-hybridized carbons (Fsp3) is 0.357. The summed E-state index contributed by atoms with van der Waals surface area (Å²) < 4.78 is 0. The molecule has 0 spiro atoms. The van der Waals surface area contributed by atoms with Crippen molar-refractivity contribution in [3.05, 3.63) is 36.4 Å². The SMILES string of the molecule is C=CCN(CC)c1cccc(SCC)c1C#N. The highest BCUT2D eigenvalue weighted by molar-refractivity contribution is 7.99. The Morgan fingerprint density at radius 1 is 1.47 bits per heavy atom. The zero-order valence-electron chi connectivity index (χ0n) is 10.4. The molecule has 0 amide bonds. The van der Waals surface area contributed by atoms with Crippen molar-refractivity contribution in [2.75, 3.05) is 23.7 Å². The predicted molar refractivity (Wildman–Crippen MR) is 75.6 cm³/mol. The molecular formula is C14H18N2S. The number of thioether (sulfide) groups is 1. The van der Waals surface area contributed by atoms with Crippen LogP contribution in [0.5, 0.6) is 0 Å². The van der Waals surface area contributed by atoms with Crippen LogP contribution in [-0.4, -0.2) is 18.8 Å². The molecule has 0 atom stereocenters. The van der Waals surface area contributed by atoms with E-state index in [9.17, 15) is 5.26 Å². The van der Waals surface area contributed by atoms with Crippen molar-refractivity contribution in [1.29, 1.82) is 5.26 Å². The van der Waals surface area contributed by atoms with E-state index in [0.717, 1.165) is 35.0 Å². The van der Waals surface area contributed by atoms with Gasteiger partial charge in [0.2, 0.25) is 0 Å². The lowest BCUT2D eigenvalue weighted by Gasteiger charge is -2.23. The Kier molecular flexibility index (Phi) is 5.65. The van der Waals surface area contributed by atoms with E-state index in [4.69, 9.17) is 0 Å². The molecule has 3 heteroatoms. The van der Waals surface area contributed by atoms with Crippen molar-refractivity contribution in [3.8, 4) is 6.07 Å². The molecule has 0 aromatic heterocycles. The molecule has 1 rings (SSSR count). The summed E-state index contributed by atoms with van der Waals surface area (Å²) in [6.45, 7) is 9.59. The van der Waals surface area contributed by atoms with E-state index < -0.39 is 0 Å². The highest BCUT2D eigenvalue weighted by Crippen LogP contribution is 2.30. The third kappa shape index (κ3) is 3.28. The second-order valence-corrected chi connectivity index (χ2v) is 4.83. The first-order valence-corrected chi connectivity index (χ1v) is 6.78. The molecule has 0 aliphatic rings. The maximum Gasteiger partial charge on any atom is 0.103 e. The molecule has 0 saturated heterocycles. The summed E-state index contributed by atoms with van der Waals surface area (Å²) in [6, 6.07) is 8.36. The number of hydrogen-bond acceptors (Lipinski definition) is 3. The molecule has 17 heavy (non-hydrogen) atoms.